The molecule has 0 saturated heterocycles. The zero-order chi connectivity index (χ0) is 13.7. The van der Waals surface area contributed by atoms with Crippen molar-refractivity contribution in [2.75, 3.05) is 12.0 Å². The summed E-state index contributed by atoms with van der Waals surface area (Å²) in [5.41, 5.74) is 7.60. The van der Waals surface area contributed by atoms with Gasteiger partial charge in [-0.25, -0.2) is 4.79 Å². The number of aryl methyl sites for hydroxylation is 3. The van der Waals surface area contributed by atoms with Crippen LogP contribution in [0.2, 0.25) is 0 Å². The molecular formula is C14H20N2O2. The molecule has 1 N–H and O–H groups in total. The lowest BCUT2D eigenvalue weighted by molar-refractivity contribution is -0.135. The molecule has 0 bridgehead atoms. The van der Waals surface area contributed by atoms with Gasteiger partial charge < -0.3 is 4.74 Å². The number of hydrogen-bond acceptors (Lipinski definition) is 4. The molecule has 18 heavy (non-hydrogen) atoms. The number of esters is 1. The quantitative estimate of drug-likeness (QED) is 0.506. The van der Waals surface area contributed by atoms with E-state index in [1.54, 1.807) is 13.8 Å². The van der Waals surface area contributed by atoms with Crippen LogP contribution < -0.4 is 5.43 Å². The Kier molecular flexibility index (Phi) is 4.89. The van der Waals surface area contributed by atoms with Crippen LogP contribution in [0.15, 0.2) is 17.2 Å². The van der Waals surface area contributed by atoms with E-state index < -0.39 is 5.97 Å². The number of carbonyl (C=O) groups is 1. The number of benzene rings is 1. The molecule has 0 aliphatic carbocycles. The van der Waals surface area contributed by atoms with Crippen LogP contribution in [0.1, 0.15) is 30.5 Å². The third-order valence-corrected chi connectivity index (χ3v) is 2.58. The predicted molar refractivity (Wildman–Crippen MR) is 74.0 cm³/mol. The molecule has 4 heteroatoms. The summed E-state index contributed by atoms with van der Waals surface area (Å²) in [6.45, 7) is 9.83. The molecule has 1 aromatic carbocycles. The highest BCUT2D eigenvalue weighted by Crippen LogP contribution is 2.21. The van der Waals surface area contributed by atoms with E-state index in [2.05, 4.69) is 29.6 Å². The minimum absolute atomic E-state index is 0.316. The second kappa shape index (κ2) is 6.19. The van der Waals surface area contributed by atoms with Gasteiger partial charge >= 0.3 is 5.97 Å². The van der Waals surface area contributed by atoms with E-state index in [0.717, 1.165) is 16.8 Å². The monoisotopic (exact) mass is 248 g/mol. The lowest BCUT2D eigenvalue weighted by Gasteiger charge is -2.10. The Balaban J connectivity index is 2.86. The van der Waals surface area contributed by atoms with Gasteiger partial charge in [-0.1, -0.05) is 17.7 Å². The summed E-state index contributed by atoms with van der Waals surface area (Å²) in [6.07, 6.45) is 0. The zero-order valence-electron chi connectivity index (χ0n) is 11.6. The van der Waals surface area contributed by atoms with Gasteiger partial charge in [-0.2, -0.15) is 5.10 Å². The van der Waals surface area contributed by atoms with E-state index in [4.69, 9.17) is 4.74 Å². The van der Waals surface area contributed by atoms with E-state index >= 15 is 0 Å². The Hall–Kier alpha value is -1.84. The topological polar surface area (TPSA) is 50.7 Å². The summed E-state index contributed by atoms with van der Waals surface area (Å²) in [6, 6.07) is 4.15. The molecule has 0 atom stereocenters. The van der Waals surface area contributed by atoms with E-state index in [-0.39, 0.29) is 0 Å². The minimum atomic E-state index is -0.396. The molecule has 0 aliphatic rings. The molecule has 4 nitrogen and oxygen atoms in total. The molecule has 0 radical (unpaired) electrons. The van der Waals surface area contributed by atoms with Crippen LogP contribution >= 0.6 is 0 Å². The highest BCUT2D eigenvalue weighted by molar-refractivity contribution is 6.35. The van der Waals surface area contributed by atoms with Crippen LogP contribution in [0.3, 0.4) is 0 Å². The van der Waals surface area contributed by atoms with Crippen molar-refractivity contribution in [1.29, 1.82) is 0 Å². The summed E-state index contributed by atoms with van der Waals surface area (Å²) < 4.78 is 4.86. The summed E-state index contributed by atoms with van der Waals surface area (Å²) in [4.78, 5) is 11.4. The molecule has 1 rings (SSSR count). The summed E-state index contributed by atoms with van der Waals surface area (Å²) >= 11 is 0. The largest absolute Gasteiger partial charge is 0.461 e. The smallest absolute Gasteiger partial charge is 0.354 e. The highest BCUT2D eigenvalue weighted by atomic mass is 16.5. The van der Waals surface area contributed by atoms with Crippen LogP contribution in [0.5, 0.6) is 0 Å². The van der Waals surface area contributed by atoms with Gasteiger partial charge in [-0.3, -0.25) is 5.43 Å². The Labute approximate surface area is 108 Å². The van der Waals surface area contributed by atoms with Crippen molar-refractivity contribution in [3.05, 3.63) is 28.8 Å². The molecule has 98 valence electrons. The molecule has 0 heterocycles. The number of rotatable bonds is 4. The molecule has 0 saturated carbocycles. The summed E-state index contributed by atoms with van der Waals surface area (Å²) in [5, 5.41) is 4.06. The Morgan fingerprint density at radius 1 is 1.28 bits per heavy atom. The number of nitrogens with zero attached hydrogens (tertiary/aromatic N) is 1. The molecule has 0 unspecified atom stereocenters. The maximum absolute atomic E-state index is 11.4. The van der Waals surface area contributed by atoms with Crippen molar-refractivity contribution < 1.29 is 9.53 Å². The molecule has 0 aliphatic heterocycles. The number of hydrogen-bond donors (Lipinski definition) is 1. The third kappa shape index (κ3) is 3.58. The number of anilines is 1. The molecule has 0 fully saturated rings. The van der Waals surface area contributed by atoms with Crippen molar-refractivity contribution in [2.45, 2.75) is 34.6 Å². The first-order chi connectivity index (χ1) is 8.45. The van der Waals surface area contributed by atoms with E-state index in [0.29, 0.717) is 12.3 Å². The summed E-state index contributed by atoms with van der Waals surface area (Å²) in [5.74, 6) is -0.396. The van der Waals surface area contributed by atoms with Crippen molar-refractivity contribution in [2.24, 2.45) is 5.10 Å². The lowest BCUT2D eigenvalue weighted by Crippen LogP contribution is -2.15. The number of hydrazone groups is 1. The molecule has 1 aromatic rings. The van der Waals surface area contributed by atoms with E-state index in [9.17, 15) is 4.79 Å². The van der Waals surface area contributed by atoms with Gasteiger partial charge in [0.15, 0.2) is 0 Å². The van der Waals surface area contributed by atoms with E-state index in [1.807, 2.05) is 13.8 Å². The fourth-order valence-corrected chi connectivity index (χ4v) is 1.78. The van der Waals surface area contributed by atoms with Gasteiger partial charge in [0.1, 0.15) is 5.71 Å². The Morgan fingerprint density at radius 2 is 1.83 bits per heavy atom. The number of carbonyl (C=O) groups excluding carboxylic acids is 1. The lowest BCUT2D eigenvalue weighted by atomic mass is 10.1. The Morgan fingerprint density at radius 3 is 2.33 bits per heavy atom. The second-order valence-corrected chi connectivity index (χ2v) is 4.30. The van der Waals surface area contributed by atoms with Gasteiger partial charge in [0, 0.05) is 0 Å². The second-order valence-electron chi connectivity index (χ2n) is 4.30. The first-order valence-electron chi connectivity index (χ1n) is 6.01. The summed E-state index contributed by atoms with van der Waals surface area (Å²) in [7, 11) is 0. The fourth-order valence-electron chi connectivity index (χ4n) is 1.78. The van der Waals surface area contributed by atoms with Crippen molar-refractivity contribution in [3.8, 4) is 0 Å². The SMILES string of the molecule is CCOC(=O)/C(C)=N/Nc1c(C)cc(C)cc1C. The first kappa shape index (κ1) is 14.2. The number of nitrogens with one attached hydrogen (secondary N) is 1. The van der Waals surface area contributed by atoms with Gasteiger partial charge in [0.2, 0.25) is 0 Å². The van der Waals surface area contributed by atoms with Crippen LogP contribution in [0, 0.1) is 20.8 Å². The normalized spacial score (nSPS) is 11.3. The van der Waals surface area contributed by atoms with Gasteiger partial charge in [-0.15, -0.1) is 0 Å². The molecule has 0 aromatic heterocycles. The number of ether oxygens (including phenoxy) is 1. The first-order valence-corrected chi connectivity index (χ1v) is 6.01. The van der Waals surface area contributed by atoms with Gasteiger partial charge in [-0.05, 0) is 45.7 Å². The van der Waals surface area contributed by atoms with Crippen LogP contribution in [-0.2, 0) is 9.53 Å². The zero-order valence-corrected chi connectivity index (χ0v) is 11.6. The average molecular weight is 248 g/mol. The maximum Gasteiger partial charge on any atom is 0.354 e. The molecule has 0 spiro atoms. The molecule has 0 amide bonds. The van der Waals surface area contributed by atoms with E-state index in [1.165, 1.54) is 5.56 Å². The molecular weight excluding hydrogens is 228 g/mol. The maximum atomic E-state index is 11.4. The van der Waals surface area contributed by atoms with Crippen molar-refractivity contribution >= 4 is 17.4 Å². The average Bonchev–Trinajstić information content (AvgIpc) is 2.27. The van der Waals surface area contributed by atoms with Crippen LogP contribution in [0.4, 0.5) is 5.69 Å². The third-order valence-electron chi connectivity index (χ3n) is 2.58. The fraction of sp³-hybridized carbons (Fsp3) is 0.429. The highest BCUT2D eigenvalue weighted by Gasteiger charge is 2.07. The van der Waals surface area contributed by atoms with Crippen LogP contribution in [-0.4, -0.2) is 18.3 Å². The van der Waals surface area contributed by atoms with Crippen molar-refractivity contribution in [3.63, 3.8) is 0 Å². The minimum Gasteiger partial charge on any atom is -0.461 e. The van der Waals surface area contributed by atoms with Gasteiger partial charge in [0.25, 0.3) is 0 Å². The van der Waals surface area contributed by atoms with Crippen LogP contribution in [0.25, 0.3) is 0 Å². The predicted octanol–water partition coefficient (Wildman–Crippen LogP) is 2.96. The Bertz CT molecular complexity index is 456. The van der Waals surface area contributed by atoms with Gasteiger partial charge in [0.05, 0.1) is 12.3 Å². The van der Waals surface area contributed by atoms with Crippen molar-refractivity contribution in [1.82, 2.24) is 0 Å². The standard InChI is InChI=1S/C14H20N2O2/c1-6-18-14(17)12(5)15-16-13-10(3)7-9(2)8-11(13)4/h7-8,16H,6H2,1-5H3/b15-12+.